The van der Waals surface area contributed by atoms with E-state index in [1.165, 1.54) is 0 Å². The molecule has 2 heterocycles. The number of rotatable bonds is 3. The van der Waals surface area contributed by atoms with E-state index in [1.54, 1.807) is 29.3 Å². The van der Waals surface area contributed by atoms with E-state index in [-0.39, 0.29) is 25.4 Å². The summed E-state index contributed by atoms with van der Waals surface area (Å²) in [6.45, 7) is 0.355. The van der Waals surface area contributed by atoms with Gasteiger partial charge in [0.15, 0.2) is 0 Å². The van der Waals surface area contributed by atoms with Crippen molar-refractivity contribution in [1.29, 1.82) is 0 Å². The van der Waals surface area contributed by atoms with Gasteiger partial charge in [-0.15, -0.1) is 0 Å². The fourth-order valence-corrected chi connectivity index (χ4v) is 3.07. The van der Waals surface area contributed by atoms with Gasteiger partial charge in [0.25, 0.3) is 0 Å². The predicted octanol–water partition coefficient (Wildman–Crippen LogP) is 3.45. The Labute approximate surface area is 137 Å². The third kappa shape index (κ3) is 3.84. The second kappa shape index (κ2) is 6.76. The van der Waals surface area contributed by atoms with E-state index in [4.69, 9.17) is 0 Å². The summed E-state index contributed by atoms with van der Waals surface area (Å²) in [7, 11) is 0. The molecule has 1 saturated heterocycles. The van der Waals surface area contributed by atoms with E-state index in [1.807, 2.05) is 12.1 Å². The van der Waals surface area contributed by atoms with Gasteiger partial charge in [-0.05, 0) is 43.7 Å². The normalized spacial score (nSPS) is 19.4. The Balaban J connectivity index is 1.65. The zero-order valence-corrected chi connectivity index (χ0v) is 13.0. The van der Waals surface area contributed by atoms with Crippen molar-refractivity contribution in [3.05, 3.63) is 36.5 Å². The SMILES string of the molecule is O=C(CN1CCC[C@@H](C(F)(F)F)C1)Nc1cccc2ncccc12. The first-order valence-corrected chi connectivity index (χ1v) is 7.86. The fraction of sp³-hybridized carbons (Fsp3) is 0.412. The Morgan fingerprint density at radius 2 is 2.12 bits per heavy atom. The molecule has 1 aliphatic heterocycles. The lowest BCUT2D eigenvalue weighted by Gasteiger charge is -2.33. The molecule has 2 aromatic rings. The summed E-state index contributed by atoms with van der Waals surface area (Å²) < 4.78 is 38.5. The predicted molar refractivity (Wildman–Crippen MR) is 85.6 cm³/mol. The summed E-state index contributed by atoms with van der Waals surface area (Å²) in [4.78, 5) is 18.0. The number of carbonyl (C=O) groups excluding carboxylic acids is 1. The average molecular weight is 337 g/mol. The number of hydrogen-bond donors (Lipinski definition) is 1. The molecule has 24 heavy (non-hydrogen) atoms. The van der Waals surface area contributed by atoms with E-state index in [0.717, 1.165) is 10.9 Å². The Hall–Kier alpha value is -2.15. The molecule has 1 amide bonds. The monoisotopic (exact) mass is 337 g/mol. The van der Waals surface area contributed by atoms with Gasteiger partial charge in [0, 0.05) is 18.1 Å². The number of nitrogens with one attached hydrogen (secondary N) is 1. The second-order valence-electron chi connectivity index (χ2n) is 6.04. The highest BCUT2D eigenvalue weighted by Gasteiger charge is 2.41. The van der Waals surface area contributed by atoms with Crippen molar-refractivity contribution in [2.24, 2.45) is 5.92 Å². The number of pyridine rings is 1. The van der Waals surface area contributed by atoms with Crippen molar-refractivity contribution in [2.45, 2.75) is 19.0 Å². The van der Waals surface area contributed by atoms with Crippen molar-refractivity contribution >= 4 is 22.5 Å². The number of nitrogens with zero attached hydrogens (tertiary/aromatic N) is 2. The summed E-state index contributed by atoms with van der Waals surface area (Å²) >= 11 is 0. The maximum atomic E-state index is 12.8. The van der Waals surface area contributed by atoms with Crippen LogP contribution in [0.25, 0.3) is 10.9 Å². The van der Waals surface area contributed by atoms with Gasteiger partial charge in [-0.3, -0.25) is 14.7 Å². The average Bonchev–Trinajstić information content (AvgIpc) is 2.54. The third-order valence-electron chi connectivity index (χ3n) is 4.26. The van der Waals surface area contributed by atoms with Crippen LogP contribution < -0.4 is 5.32 Å². The Kier molecular flexibility index (Phi) is 4.71. The van der Waals surface area contributed by atoms with Crippen LogP contribution in [0.15, 0.2) is 36.5 Å². The first-order valence-electron chi connectivity index (χ1n) is 7.86. The number of fused-ring (bicyclic) bond motifs is 1. The van der Waals surface area contributed by atoms with Gasteiger partial charge in [-0.2, -0.15) is 13.2 Å². The van der Waals surface area contributed by atoms with E-state index in [9.17, 15) is 18.0 Å². The summed E-state index contributed by atoms with van der Waals surface area (Å²) in [5.74, 6) is -1.66. The van der Waals surface area contributed by atoms with Crippen molar-refractivity contribution in [2.75, 3.05) is 25.0 Å². The van der Waals surface area contributed by atoms with E-state index >= 15 is 0 Å². The molecule has 3 rings (SSSR count). The number of carbonyl (C=O) groups is 1. The molecule has 1 aromatic heterocycles. The molecule has 0 aliphatic carbocycles. The number of hydrogen-bond acceptors (Lipinski definition) is 3. The molecule has 1 aromatic carbocycles. The van der Waals surface area contributed by atoms with Crippen LogP contribution in [-0.4, -0.2) is 41.6 Å². The van der Waals surface area contributed by atoms with Gasteiger partial charge in [-0.25, -0.2) is 0 Å². The van der Waals surface area contributed by atoms with Crippen LogP contribution >= 0.6 is 0 Å². The van der Waals surface area contributed by atoms with Gasteiger partial charge < -0.3 is 5.32 Å². The Morgan fingerprint density at radius 3 is 2.92 bits per heavy atom. The van der Waals surface area contributed by atoms with Gasteiger partial charge >= 0.3 is 6.18 Å². The number of benzene rings is 1. The summed E-state index contributed by atoms with van der Waals surface area (Å²) in [5.41, 5.74) is 1.38. The highest BCUT2D eigenvalue weighted by molar-refractivity contribution is 6.01. The van der Waals surface area contributed by atoms with Crippen LogP contribution in [0.3, 0.4) is 0 Å². The number of likely N-dealkylation sites (tertiary alicyclic amines) is 1. The molecule has 0 spiro atoms. The number of halogens is 3. The molecular weight excluding hydrogens is 319 g/mol. The maximum Gasteiger partial charge on any atom is 0.393 e. The lowest BCUT2D eigenvalue weighted by Crippen LogP contribution is -2.44. The highest BCUT2D eigenvalue weighted by atomic mass is 19.4. The van der Waals surface area contributed by atoms with Gasteiger partial charge in [0.05, 0.1) is 23.7 Å². The summed E-state index contributed by atoms with van der Waals surface area (Å²) in [5, 5.41) is 3.59. The molecular formula is C17H18F3N3O. The molecule has 128 valence electrons. The molecule has 7 heteroatoms. The van der Waals surface area contributed by atoms with Crippen molar-refractivity contribution < 1.29 is 18.0 Å². The standard InChI is InChI=1S/C17H18F3N3O/c18-17(19,20)12-4-3-9-23(10-12)11-16(24)22-15-7-1-6-14-13(15)5-2-8-21-14/h1-2,5-8,12H,3-4,9-11H2,(H,22,24)/t12-/m1/s1. The number of anilines is 1. The minimum Gasteiger partial charge on any atom is -0.324 e. The number of alkyl halides is 3. The lowest BCUT2D eigenvalue weighted by molar-refractivity contribution is -0.186. The lowest BCUT2D eigenvalue weighted by atomic mass is 9.97. The smallest absolute Gasteiger partial charge is 0.324 e. The second-order valence-corrected chi connectivity index (χ2v) is 6.04. The maximum absolute atomic E-state index is 12.8. The number of aromatic nitrogens is 1. The topological polar surface area (TPSA) is 45.2 Å². The zero-order chi connectivity index (χ0) is 17.2. The molecule has 0 radical (unpaired) electrons. The largest absolute Gasteiger partial charge is 0.393 e. The van der Waals surface area contributed by atoms with E-state index in [2.05, 4.69) is 10.3 Å². The van der Waals surface area contributed by atoms with Crippen LogP contribution in [0.2, 0.25) is 0 Å². The number of piperidine rings is 1. The molecule has 4 nitrogen and oxygen atoms in total. The highest BCUT2D eigenvalue weighted by Crippen LogP contribution is 2.33. The van der Waals surface area contributed by atoms with Gasteiger partial charge in [0.1, 0.15) is 0 Å². The molecule has 1 atom stereocenters. The van der Waals surface area contributed by atoms with E-state index < -0.39 is 12.1 Å². The van der Waals surface area contributed by atoms with Gasteiger partial charge in [0.2, 0.25) is 5.91 Å². The minimum absolute atomic E-state index is 0.0385. The first kappa shape index (κ1) is 16.7. The van der Waals surface area contributed by atoms with Crippen LogP contribution in [0.5, 0.6) is 0 Å². The molecule has 1 fully saturated rings. The van der Waals surface area contributed by atoms with Crippen LogP contribution in [0, 0.1) is 5.92 Å². The summed E-state index contributed by atoms with van der Waals surface area (Å²) in [6.07, 6.45) is -1.94. The molecule has 1 N–H and O–H groups in total. The van der Waals surface area contributed by atoms with Crippen LogP contribution in [-0.2, 0) is 4.79 Å². The zero-order valence-electron chi connectivity index (χ0n) is 13.0. The molecule has 0 unspecified atom stereocenters. The van der Waals surface area contributed by atoms with Crippen LogP contribution in [0.4, 0.5) is 18.9 Å². The Bertz CT molecular complexity index is 727. The minimum atomic E-state index is -4.20. The van der Waals surface area contributed by atoms with Crippen molar-refractivity contribution in [1.82, 2.24) is 9.88 Å². The van der Waals surface area contributed by atoms with Gasteiger partial charge in [-0.1, -0.05) is 6.07 Å². The van der Waals surface area contributed by atoms with E-state index in [0.29, 0.717) is 18.7 Å². The molecule has 0 bridgehead atoms. The van der Waals surface area contributed by atoms with Crippen molar-refractivity contribution in [3.8, 4) is 0 Å². The molecule has 0 saturated carbocycles. The fourth-order valence-electron chi connectivity index (χ4n) is 3.07. The quantitative estimate of drug-likeness (QED) is 0.933. The van der Waals surface area contributed by atoms with Crippen LogP contribution in [0.1, 0.15) is 12.8 Å². The summed E-state index contributed by atoms with van der Waals surface area (Å²) in [6, 6.07) is 9.00. The van der Waals surface area contributed by atoms with Crippen molar-refractivity contribution in [3.63, 3.8) is 0 Å². The number of amides is 1. The Morgan fingerprint density at radius 1 is 1.29 bits per heavy atom. The first-order chi connectivity index (χ1) is 11.4. The molecule has 1 aliphatic rings. The third-order valence-corrected chi connectivity index (χ3v) is 4.26.